The molecule has 2 aromatic rings. The molecule has 0 atom stereocenters. The van der Waals surface area contributed by atoms with Crippen molar-refractivity contribution in [1.29, 1.82) is 0 Å². The monoisotopic (exact) mass is 225 g/mol. The van der Waals surface area contributed by atoms with Crippen molar-refractivity contribution < 1.29 is 9.90 Å². The van der Waals surface area contributed by atoms with Gasteiger partial charge in [0.2, 0.25) is 0 Å². The Morgan fingerprint density at radius 1 is 1.60 bits per heavy atom. The van der Waals surface area contributed by atoms with E-state index in [-0.39, 0.29) is 22.5 Å². The topological polar surface area (TPSA) is 115 Å². The Balaban J connectivity index is 2.35. The SMILES string of the molecule is O=C([O-])CSc1nc2nc[nH]c(=O)c2[nH]1. The van der Waals surface area contributed by atoms with Crippen molar-refractivity contribution in [2.75, 3.05) is 5.75 Å². The van der Waals surface area contributed by atoms with E-state index in [1.165, 1.54) is 6.33 Å². The second-order valence-corrected chi connectivity index (χ2v) is 3.60. The molecule has 0 aliphatic heterocycles. The number of nitrogens with zero attached hydrogens (tertiary/aromatic N) is 2. The molecule has 2 N–H and O–H groups in total. The number of carbonyl (C=O) groups excluding carboxylic acids is 1. The number of aromatic amines is 2. The summed E-state index contributed by atoms with van der Waals surface area (Å²) in [6.07, 6.45) is 1.23. The van der Waals surface area contributed by atoms with Gasteiger partial charge >= 0.3 is 0 Å². The predicted molar refractivity (Wildman–Crippen MR) is 50.2 cm³/mol. The third-order valence-electron chi connectivity index (χ3n) is 1.60. The minimum absolute atomic E-state index is 0.224. The normalized spacial score (nSPS) is 10.7. The Kier molecular flexibility index (Phi) is 2.42. The summed E-state index contributed by atoms with van der Waals surface area (Å²) in [6.45, 7) is 0. The molecule has 2 rings (SSSR count). The summed E-state index contributed by atoms with van der Waals surface area (Å²) in [7, 11) is 0. The molecular weight excluding hydrogens is 220 g/mol. The molecular formula is C7H5N4O3S-. The van der Waals surface area contributed by atoms with Crippen LogP contribution in [0.1, 0.15) is 0 Å². The number of rotatable bonds is 3. The highest BCUT2D eigenvalue weighted by Gasteiger charge is 2.06. The Bertz CT molecular complexity index is 561. The van der Waals surface area contributed by atoms with E-state index in [9.17, 15) is 14.7 Å². The molecule has 0 aromatic carbocycles. The third kappa shape index (κ3) is 1.99. The maximum Gasteiger partial charge on any atom is 0.276 e. The van der Waals surface area contributed by atoms with E-state index in [4.69, 9.17) is 0 Å². The molecule has 0 amide bonds. The first-order chi connectivity index (χ1) is 7.16. The van der Waals surface area contributed by atoms with Gasteiger partial charge in [0.05, 0.1) is 12.3 Å². The summed E-state index contributed by atoms with van der Waals surface area (Å²) in [6, 6.07) is 0. The quantitative estimate of drug-likeness (QED) is 0.613. The van der Waals surface area contributed by atoms with Gasteiger partial charge < -0.3 is 19.9 Å². The lowest BCUT2D eigenvalue weighted by Gasteiger charge is -1.96. The van der Waals surface area contributed by atoms with Crippen LogP contribution in [-0.2, 0) is 4.79 Å². The molecule has 0 bridgehead atoms. The Labute approximate surface area is 87.0 Å². The number of H-pyrrole nitrogens is 2. The molecule has 2 heterocycles. The molecule has 0 spiro atoms. The first kappa shape index (κ1) is 9.71. The minimum Gasteiger partial charge on any atom is -0.549 e. The van der Waals surface area contributed by atoms with E-state index in [2.05, 4.69) is 19.9 Å². The van der Waals surface area contributed by atoms with Gasteiger partial charge in [0, 0.05) is 5.75 Å². The summed E-state index contributed by atoms with van der Waals surface area (Å²) in [5, 5.41) is 10.5. The summed E-state index contributed by atoms with van der Waals surface area (Å²) in [5.74, 6) is -1.42. The van der Waals surface area contributed by atoms with Crippen molar-refractivity contribution in [3.8, 4) is 0 Å². The van der Waals surface area contributed by atoms with E-state index in [0.29, 0.717) is 5.16 Å². The highest BCUT2D eigenvalue weighted by Crippen LogP contribution is 2.14. The van der Waals surface area contributed by atoms with Crippen molar-refractivity contribution in [3.05, 3.63) is 16.7 Å². The van der Waals surface area contributed by atoms with Crippen LogP contribution in [0.4, 0.5) is 0 Å². The van der Waals surface area contributed by atoms with E-state index < -0.39 is 5.97 Å². The number of fused-ring (bicyclic) bond motifs is 1. The van der Waals surface area contributed by atoms with Crippen LogP contribution in [0, 0.1) is 0 Å². The van der Waals surface area contributed by atoms with Crippen LogP contribution in [0.2, 0.25) is 0 Å². The fraction of sp³-hybridized carbons (Fsp3) is 0.143. The zero-order valence-corrected chi connectivity index (χ0v) is 8.13. The number of carboxylic acid groups (broad SMARTS) is 1. The Morgan fingerprint density at radius 2 is 2.40 bits per heavy atom. The van der Waals surface area contributed by atoms with Crippen LogP contribution in [0.15, 0.2) is 16.3 Å². The van der Waals surface area contributed by atoms with Crippen LogP contribution < -0.4 is 10.7 Å². The number of aliphatic carboxylic acids is 1. The number of aromatic nitrogens is 4. The second-order valence-electron chi connectivity index (χ2n) is 2.63. The number of nitrogens with one attached hydrogen (secondary N) is 2. The van der Waals surface area contributed by atoms with Gasteiger partial charge in [0.25, 0.3) is 5.56 Å². The lowest BCUT2D eigenvalue weighted by atomic mass is 10.6. The highest BCUT2D eigenvalue weighted by atomic mass is 32.2. The molecule has 0 fully saturated rings. The lowest BCUT2D eigenvalue weighted by Crippen LogP contribution is -2.24. The number of thioether (sulfide) groups is 1. The lowest BCUT2D eigenvalue weighted by molar-refractivity contribution is -0.301. The van der Waals surface area contributed by atoms with Gasteiger partial charge in [-0.1, -0.05) is 11.8 Å². The summed E-state index contributed by atoms with van der Waals surface area (Å²) in [5.41, 5.74) is 0.158. The highest BCUT2D eigenvalue weighted by molar-refractivity contribution is 7.99. The average Bonchev–Trinajstić information content (AvgIpc) is 2.59. The van der Waals surface area contributed by atoms with Gasteiger partial charge in [-0.15, -0.1) is 0 Å². The van der Waals surface area contributed by atoms with Crippen molar-refractivity contribution in [2.24, 2.45) is 0 Å². The number of carboxylic acids is 1. The molecule has 15 heavy (non-hydrogen) atoms. The standard InChI is InChI=1S/C7H6N4O3S/c12-3(13)1-15-7-10-4-5(11-7)8-2-9-6(4)14/h2H,1H2,(H,12,13)(H2,8,9,10,11,14)/p-1. The molecule has 0 saturated carbocycles. The zero-order chi connectivity index (χ0) is 10.8. The van der Waals surface area contributed by atoms with Gasteiger partial charge in [-0.2, -0.15) is 0 Å². The average molecular weight is 225 g/mol. The fourth-order valence-electron chi connectivity index (χ4n) is 1.01. The van der Waals surface area contributed by atoms with Crippen molar-refractivity contribution in [1.82, 2.24) is 19.9 Å². The largest absolute Gasteiger partial charge is 0.549 e. The minimum atomic E-state index is -1.19. The number of carbonyl (C=O) groups is 1. The van der Waals surface area contributed by atoms with Gasteiger partial charge in [0.15, 0.2) is 16.3 Å². The van der Waals surface area contributed by atoms with Crippen LogP contribution in [0.5, 0.6) is 0 Å². The van der Waals surface area contributed by atoms with Crippen molar-refractivity contribution in [3.63, 3.8) is 0 Å². The maximum atomic E-state index is 11.2. The summed E-state index contributed by atoms with van der Waals surface area (Å²) < 4.78 is 0. The molecule has 78 valence electrons. The predicted octanol–water partition coefficient (Wildman–Crippen LogP) is -1.51. The van der Waals surface area contributed by atoms with Gasteiger partial charge in [-0.3, -0.25) is 4.79 Å². The van der Waals surface area contributed by atoms with Crippen LogP contribution >= 0.6 is 11.8 Å². The first-order valence-electron chi connectivity index (χ1n) is 3.93. The Hall–Kier alpha value is -1.83. The summed E-state index contributed by atoms with van der Waals surface area (Å²) >= 11 is 0.941. The van der Waals surface area contributed by atoms with Crippen LogP contribution in [0.3, 0.4) is 0 Å². The van der Waals surface area contributed by atoms with E-state index in [1.54, 1.807) is 0 Å². The van der Waals surface area contributed by atoms with Crippen molar-refractivity contribution >= 4 is 28.9 Å². The second kappa shape index (κ2) is 3.73. The molecule has 0 saturated heterocycles. The van der Waals surface area contributed by atoms with E-state index >= 15 is 0 Å². The van der Waals surface area contributed by atoms with Crippen molar-refractivity contribution in [2.45, 2.75) is 5.16 Å². The maximum absolute atomic E-state index is 11.2. The molecule has 0 radical (unpaired) electrons. The fourth-order valence-corrected chi connectivity index (χ4v) is 1.59. The molecule has 8 heteroatoms. The molecule has 0 aliphatic rings. The molecule has 0 unspecified atom stereocenters. The van der Waals surface area contributed by atoms with Gasteiger partial charge in [-0.25, -0.2) is 9.97 Å². The number of hydrogen-bond donors (Lipinski definition) is 2. The number of imidazole rings is 1. The van der Waals surface area contributed by atoms with Gasteiger partial charge in [-0.05, 0) is 0 Å². The molecule has 2 aromatic heterocycles. The van der Waals surface area contributed by atoms with E-state index in [0.717, 1.165) is 11.8 Å². The molecule has 0 aliphatic carbocycles. The Morgan fingerprint density at radius 3 is 3.07 bits per heavy atom. The summed E-state index contributed by atoms with van der Waals surface area (Å²) in [4.78, 5) is 34.2. The third-order valence-corrected chi connectivity index (χ3v) is 2.45. The first-order valence-corrected chi connectivity index (χ1v) is 4.91. The number of hydrogen-bond acceptors (Lipinski definition) is 6. The van der Waals surface area contributed by atoms with Crippen LogP contribution in [-0.4, -0.2) is 31.7 Å². The van der Waals surface area contributed by atoms with Gasteiger partial charge in [0.1, 0.15) is 0 Å². The van der Waals surface area contributed by atoms with Crippen LogP contribution in [0.25, 0.3) is 11.2 Å². The molecule has 7 nitrogen and oxygen atoms in total. The zero-order valence-electron chi connectivity index (χ0n) is 7.31. The smallest absolute Gasteiger partial charge is 0.276 e. The van der Waals surface area contributed by atoms with E-state index in [1.807, 2.05) is 0 Å².